The van der Waals surface area contributed by atoms with E-state index in [0.717, 1.165) is 47.3 Å². The summed E-state index contributed by atoms with van der Waals surface area (Å²) in [5.41, 5.74) is 3.24. The zero-order valence-electron chi connectivity index (χ0n) is 24.9. The minimum absolute atomic E-state index is 0. The molecule has 2 atom stereocenters. The molecule has 0 aromatic heterocycles. The summed E-state index contributed by atoms with van der Waals surface area (Å²) in [6.45, 7) is 21.4. The smallest absolute Gasteiger partial charge is 0.185 e. The van der Waals surface area contributed by atoms with Gasteiger partial charge in [-0.1, -0.05) is 65.0 Å². The Balaban J connectivity index is 0. The molecule has 5 N–H and O–H groups in total. The van der Waals surface area contributed by atoms with Crippen molar-refractivity contribution in [2.75, 3.05) is 6.61 Å². The van der Waals surface area contributed by atoms with Crippen LogP contribution in [0.15, 0.2) is 65.6 Å². The van der Waals surface area contributed by atoms with Gasteiger partial charge in [-0.25, -0.2) is 0 Å². The predicted molar refractivity (Wildman–Crippen MR) is 167 cm³/mol. The lowest BCUT2D eigenvalue weighted by Gasteiger charge is -2.31. The maximum absolute atomic E-state index is 11.2. The van der Waals surface area contributed by atoms with Crippen molar-refractivity contribution in [1.29, 1.82) is 0 Å². The Morgan fingerprint density at radius 2 is 1.76 bits per heavy atom. The van der Waals surface area contributed by atoms with E-state index in [1.54, 1.807) is 26.0 Å². The second-order valence-corrected chi connectivity index (χ2v) is 9.64. The van der Waals surface area contributed by atoms with Gasteiger partial charge in [-0.15, -0.1) is 0 Å². The number of benzene rings is 1. The third kappa shape index (κ3) is 11.3. The largest absolute Gasteiger partial charge is 0.493 e. The molecule has 0 bridgehead atoms. The fraction of sp³-hybridized carbons (Fsp3) is 0.500. The van der Waals surface area contributed by atoms with E-state index in [-0.39, 0.29) is 17.0 Å². The molecule has 0 aliphatic carbocycles. The van der Waals surface area contributed by atoms with Gasteiger partial charge in [-0.05, 0) is 105 Å². The lowest BCUT2D eigenvalue weighted by atomic mass is 9.83. The molecule has 1 aromatic carbocycles. The molecule has 0 saturated carbocycles. The quantitative estimate of drug-likeness (QED) is 0.0707. The lowest BCUT2D eigenvalue weighted by Crippen LogP contribution is -2.39. The predicted octanol–water partition coefficient (Wildman–Crippen LogP) is 6.91. The van der Waals surface area contributed by atoms with Gasteiger partial charge in [-0.2, -0.15) is 12.6 Å². The van der Waals surface area contributed by atoms with E-state index < -0.39 is 11.4 Å². The summed E-state index contributed by atoms with van der Waals surface area (Å²) >= 11 is 4.40. The highest BCUT2D eigenvalue weighted by Gasteiger charge is 2.35. The monoisotopic (exact) mass is 548 g/mol. The third-order valence-electron chi connectivity index (χ3n) is 6.07. The van der Waals surface area contributed by atoms with Crippen LogP contribution in [0.1, 0.15) is 84.9 Å². The van der Waals surface area contributed by atoms with Gasteiger partial charge in [0.1, 0.15) is 11.4 Å². The summed E-state index contributed by atoms with van der Waals surface area (Å²) in [7, 11) is 0. The number of rotatable bonds is 13. The molecule has 1 rings (SSSR count). The van der Waals surface area contributed by atoms with E-state index in [1.165, 1.54) is 13.0 Å². The topological polar surface area (TPSA) is 101 Å². The van der Waals surface area contributed by atoms with Crippen molar-refractivity contribution in [3.05, 3.63) is 82.3 Å². The number of thiol groups is 1. The first kappa shape index (κ1) is 38.1. The summed E-state index contributed by atoms with van der Waals surface area (Å²) in [6.07, 6.45) is 11.7. The Kier molecular flexibility index (Phi) is 18.3. The molecule has 0 radical (unpaired) electrons. The highest BCUT2D eigenvalue weighted by atomic mass is 32.1. The Bertz CT molecular complexity index is 978. The second kappa shape index (κ2) is 18.2. The molecule has 0 heterocycles. The number of unbranched alkanes of at least 4 members (excludes halogenated alkanes) is 1. The first-order valence-electron chi connectivity index (χ1n) is 13.3. The van der Waals surface area contributed by atoms with Gasteiger partial charge in [0.05, 0.1) is 6.61 Å². The van der Waals surface area contributed by atoms with Crippen LogP contribution in [0.5, 0.6) is 5.75 Å². The molecule has 0 aliphatic heterocycles. The molecule has 6 heteroatoms. The van der Waals surface area contributed by atoms with Crippen molar-refractivity contribution in [2.45, 2.75) is 93.0 Å². The lowest BCUT2D eigenvalue weighted by molar-refractivity contribution is -0.128. The van der Waals surface area contributed by atoms with Crippen LogP contribution in [0, 0.1) is 12.8 Å². The normalized spacial score (nSPS) is 15.2. The van der Waals surface area contributed by atoms with Crippen LogP contribution >= 0.6 is 12.6 Å². The molecule has 5 nitrogen and oxygen atoms in total. The maximum atomic E-state index is 11.2. The van der Waals surface area contributed by atoms with Crippen molar-refractivity contribution in [3.63, 3.8) is 0 Å². The van der Waals surface area contributed by atoms with E-state index in [2.05, 4.69) is 51.3 Å². The highest BCUT2D eigenvalue weighted by molar-refractivity contribution is 7.83. The van der Waals surface area contributed by atoms with Gasteiger partial charge in [0.2, 0.25) is 0 Å². The van der Waals surface area contributed by atoms with Crippen LogP contribution < -0.4 is 4.74 Å². The van der Waals surface area contributed by atoms with Crippen LogP contribution in [-0.4, -0.2) is 38.8 Å². The summed E-state index contributed by atoms with van der Waals surface area (Å²) < 4.78 is 6.09. The molecular formula is C32H52O5S. The van der Waals surface area contributed by atoms with Crippen LogP contribution in [0.3, 0.4) is 0 Å². The number of hydrogen-bond donors (Lipinski definition) is 4. The zero-order valence-corrected chi connectivity index (χ0v) is 25.8. The molecule has 0 saturated heterocycles. The fourth-order valence-corrected chi connectivity index (χ4v) is 4.64. The number of hydrogen-bond acceptors (Lipinski definition) is 5. The van der Waals surface area contributed by atoms with Crippen LogP contribution in [0.25, 0.3) is 5.57 Å². The SMILES string of the molecule is C=C/C(=C\C(C)(O)/C(=C\C)C(C)(O)O)c1cc(C)c(OCCCC)cc1CC(C)C(/C=C\C)=C/S.CC.O. The Morgan fingerprint density at radius 3 is 2.21 bits per heavy atom. The van der Waals surface area contributed by atoms with Crippen LogP contribution in [0.2, 0.25) is 0 Å². The van der Waals surface area contributed by atoms with Crippen molar-refractivity contribution in [2.24, 2.45) is 5.92 Å². The Hall–Kier alpha value is -2.09. The van der Waals surface area contributed by atoms with E-state index in [0.29, 0.717) is 12.2 Å². The minimum atomic E-state index is -2.16. The van der Waals surface area contributed by atoms with E-state index >= 15 is 0 Å². The van der Waals surface area contributed by atoms with Gasteiger partial charge in [0.25, 0.3) is 0 Å². The molecule has 0 fully saturated rings. The molecule has 38 heavy (non-hydrogen) atoms. The molecule has 1 aromatic rings. The van der Waals surface area contributed by atoms with Crippen molar-refractivity contribution >= 4 is 18.2 Å². The summed E-state index contributed by atoms with van der Waals surface area (Å²) in [5.74, 6) is -1.14. The zero-order chi connectivity index (χ0) is 28.8. The number of aliphatic hydroxyl groups is 3. The van der Waals surface area contributed by atoms with Gasteiger partial charge in [0, 0.05) is 5.57 Å². The van der Waals surface area contributed by atoms with Gasteiger partial charge < -0.3 is 25.5 Å². The van der Waals surface area contributed by atoms with E-state index in [1.807, 2.05) is 39.2 Å². The first-order chi connectivity index (χ1) is 17.4. The number of ether oxygens (including phenoxy) is 1. The van der Waals surface area contributed by atoms with Crippen LogP contribution in [0.4, 0.5) is 0 Å². The van der Waals surface area contributed by atoms with Crippen molar-refractivity contribution in [1.82, 2.24) is 0 Å². The molecule has 0 amide bonds. The van der Waals surface area contributed by atoms with Gasteiger partial charge in [-0.3, -0.25) is 0 Å². The second-order valence-electron chi connectivity index (χ2n) is 9.39. The van der Waals surface area contributed by atoms with Gasteiger partial charge in [0.15, 0.2) is 5.79 Å². The Labute approximate surface area is 237 Å². The standard InChI is InChI=1S/C30H44O4S.C2H6.H2O/c1-9-13-15-34-27-18-25(16-21(5)24(20-35)14-10-2)26(17-22(27)6)23(11-3)19-29(7,31)28(12-4)30(8,32)33;1-2;/h10-12,14,17-21,31-33,35H,3,9,13,15-16H2,1-2,4-8H3;1-2H3;1H2/b14-10-,23-19+,24-20+,28-12+;;. The molecule has 0 spiro atoms. The highest BCUT2D eigenvalue weighted by Crippen LogP contribution is 2.35. The molecule has 2 unspecified atom stereocenters. The van der Waals surface area contributed by atoms with Gasteiger partial charge >= 0.3 is 0 Å². The fourth-order valence-electron chi connectivity index (χ4n) is 4.30. The minimum Gasteiger partial charge on any atom is -0.493 e. The Morgan fingerprint density at radius 1 is 1.16 bits per heavy atom. The van der Waals surface area contributed by atoms with Crippen molar-refractivity contribution < 1.29 is 25.5 Å². The summed E-state index contributed by atoms with van der Waals surface area (Å²) in [4.78, 5) is 0. The number of aryl methyl sites for hydroxylation is 1. The average Bonchev–Trinajstić information content (AvgIpc) is 2.83. The molecule has 0 aliphatic rings. The summed E-state index contributed by atoms with van der Waals surface area (Å²) in [6, 6.07) is 4.13. The summed E-state index contributed by atoms with van der Waals surface area (Å²) in [5, 5.41) is 33.5. The number of allylic oxidation sites excluding steroid dienone is 6. The van der Waals surface area contributed by atoms with E-state index in [9.17, 15) is 15.3 Å². The van der Waals surface area contributed by atoms with E-state index in [4.69, 9.17) is 4.74 Å². The van der Waals surface area contributed by atoms with Crippen molar-refractivity contribution in [3.8, 4) is 5.75 Å². The molecule has 216 valence electrons. The molecular weight excluding hydrogens is 496 g/mol. The van der Waals surface area contributed by atoms with Crippen LogP contribution in [-0.2, 0) is 6.42 Å². The third-order valence-corrected chi connectivity index (χ3v) is 6.37. The average molecular weight is 549 g/mol. The maximum Gasteiger partial charge on any atom is 0.185 e. The first-order valence-corrected chi connectivity index (χ1v) is 13.8.